The molecular weight excluding hydrogens is 402 g/mol. The van der Waals surface area contributed by atoms with Crippen molar-refractivity contribution in [3.63, 3.8) is 0 Å². The third-order valence-corrected chi connectivity index (χ3v) is 5.86. The zero-order chi connectivity index (χ0) is 22.3. The molecule has 5 nitrogen and oxygen atoms in total. The summed E-state index contributed by atoms with van der Waals surface area (Å²) in [5.41, 5.74) is 3.96. The minimum Gasteiger partial charge on any atom is -0.425 e. The second kappa shape index (κ2) is 10.2. The zero-order valence-corrected chi connectivity index (χ0v) is 17.9. The molecule has 1 N–H and O–H groups in total. The van der Waals surface area contributed by atoms with Gasteiger partial charge in [0, 0.05) is 13.1 Å². The summed E-state index contributed by atoms with van der Waals surface area (Å²) < 4.78 is 5.33. The van der Waals surface area contributed by atoms with E-state index in [9.17, 15) is 9.59 Å². The number of ether oxygens (including phenoxy) is 1. The molecule has 32 heavy (non-hydrogen) atoms. The molecule has 1 aliphatic rings. The molecule has 0 spiro atoms. The Kier molecular flexibility index (Phi) is 6.97. The van der Waals surface area contributed by atoms with Gasteiger partial charge in [-0.25, -0.2) is 4.79 Å². The van der Waals surface area contributed by atoms with Crippen molar-refractivity contribution < 1.29 is 19.4 Å². The standard InChI is InChI=1S/C27H27NO4/c29-19-26(30)32-25-16-8-13-22-23(25)14-7-15-24(22)27(31)28(17-20-9-3-1-4-10-20)18-21-11-5-2-6-12-21/h1-6,8-13,16,24,29H,7,14-15,17-19H2. The Morgan fingerprint density at radius 2 is 1.50 bits per heavy atom. The van der Waals surface area contributed by atoms with Crippen molar-refractivity contribution in [1.29, 1.82) is 0 Å². The molecule has 0 radical (unpaired) electrons. The smallest absolute Gasteiger partial charge is 0.337 e. The summed E-state index contributed by atoms with van der Waals surface area (Å²) in [6.07, 6.45) is 2.33. The fourth-order valence-corrected chi connectivity index (χ4v) is 4.36. The van der Waals surface area contributed by atoms with Crippen molar-refractivity contribution in [2.45, 2.75) is 38.3 Å². The number of aliphatic hydroxyl groups excluding tert-OH is 1. The third-order valence-electron chi connectivity index (χ3n) is 5.86. The summed E-state index contributed by atoms with van der Waals surface area (Å²) in [6.45, 7) is 0.382. The number of hydrogen-bond donors (Lipinski definition) is 1. The zero-order valence-electron chi connectivity index (χ0n) is 17.9. The predicted molar refractivity (Wildman–Crippen MR) is 122 cm³/mol. The number of aliphatic hydroxyl groups is 1. The SMILES string of the molecule is O=C(CO)Oc1cccc2c1CCCC2C(=O)N(Cc1ccccc1)Cc1ccccc1. The van der Waals surface area contributed by atoms with E-state index in [0.717, 1.165) is 41.5 Å². The topological polar surface area (TPSA) is 66.8 Å². The lowest BCUT2D eigenvalue weighted by atomic mass is 9.81. The lowest BCUT2D eigenvalue weighted by Gasteiger charge is -2.32. The van der Waals surface area contributed by atoms with Crippen LogP contribution >= 0.6 is 0 Å². The van der Waals surface area contributed by atoms with Gasteiger partial charge in [0.05, 0.1) is 5.92 Å². The van der Waals surface area contributed by atoms with Crippen LogP contribution in [0.4, 0.5) is 0 Å². The first-order valence-corrected chi connectivity index (χ1v) is 11.0. The minimum atomic E-state index is -0.693. The highest BCUT2D eigenvalue weighted by molar-refractivity contribution is 5.85. The Morgan fingerprint density at radius 3 is 2.09 bits per heavy atom. The van der Waals surface area contributed by atoms with E-state index in [1.807, 2.05) is 77.7 Å². The average molecular weight is 430 g/mol. The number of amides is 1. The first-order valence-electron chi connectivity index (χ1n) is 11.0. The van der Waals surface area contributed by atoms with E-state index < -0.39 is 12.6 Å². The van der Waals surface area contributed by atoms with Crippen LogP contribution in [0.5, 0.6) is 5.75 Å². The van der Waals surface area contributed by atoms with Crippen molar-refractivity contribution in [1.82, 2.24) is 4.90 Å². The van der Waals surface area contributed by atoms with Gasteiger partial charge < -0.3 is 14.7 Å². The summed E-state index contributed by atoms with van der Waals surface area (Å²) in [6, 6.07) is 25.5. The van der Waals surface area contributed by atoms with E-state index in [-0.39, 0.29) is 11.8 Å². The van der Waals surface area contributed by atoms with Crippen molar-refractivity contribution in [2.75, 3.05) is 6.61 Å². The number of esters is 1. The largest absolute Gasteiger partial charge is 0.425 e. The van der Waals surface area contributed by atoms with Gasteiger partial charge in [0.25, 0.3) is 0 Å². The number of benzene rings is 3. The van der Waals surface area contributed by atoms with Crippen molar-refractivity contribution >= 4 is 11.9 Å². The molecule has 164 valence electrons. The van der Waals surface area contributed by atoms with Crippen LogP contribution in [0.3, 0.4) is 0 Å². The molecule has 5 heteroatoms. The number of rotatable bonds is 7. The number of carbonyl (C=O) groups excluding carboxylic acids is 2. The van der Waals surface area contributed by atoms with Gasteiger partial charge in [-0.05, 0) is 47.6 Å². The van der Waals surface area contributed by atoms with Crippen molar-refractivity contribution in [2.24, 2.45) is 0 Å². The Bertz CT molecular complexity index is 1020. The first-order chi connectivity index (χ1) is 15.7. The number of carbonyl (C=O) groups is 2. The molecule has 0 saturated heterocycles. The van der Waals surface area contributed by atoms with Gasteiger partial charge in [-0.2, -0.15) is 0 Å². The average Bonchev–Trinajstić information content (AvgIpc) is 2.84. The van der Waals surface area contributed by atoms with Gasteiger partial charge >= 0.3 is 5.97 Å². The van der Waals surface area contributed by atoms with Gasteiger partial charge in [0.15, 0.2) is 0 Å². The van der Waals surface area contributed by atoms with Crippen LogP contribution in [0.2, 0.25) is 0 Å². The lowest BCUT2D eigenvalue weighted by Crippen LogP contribution is -2.35. The highest BCUT2D eigenvalue weighted by atomic mass is 16.5. The molecule has 0 heterocycles. The van der Waals surface area contributed by atoms with E-state index in [1.54, 1.807) is 6.07 Å². The summed E-state index contributed by atoms with van der Waals surface area (Å²) >= 11 is 0. The number of fused-ring (bicyclic) bond motifs is 1. The van der Waals surface area contributed by atoms with Gasteiger partial charge in [0.2, 0.25) is 5.91 Å². The normalized spacial score (nSPS) is 15.0. The fourth-order valence-electron chi connectivity index (χ4n) is 4.36. The molecule has 1 unspecified atom stereocenters. The van der Waals surface area contributed by atoms with E-state index in [2.05, 4.69) is 0 Å². The fraction of sp³-hybridized carbons (Fsp3) is 0.259. The number of hydrogen-bond acceptors (Lipinski definition) is 4. The summed E-state index contributed by atoms with van der Waals surface area (Å²) in [4.78, 5) is 27.4. The molecule has 0 saturated carbocycles. The molecule has 1 aliphatic carbocycles. The van der Waals surface area contributed by atoms with Crippen LogP contribution in [0.15, 0.2) is 78.9 Å². The molecule has 0 bridgehead atoms. The summed E-state index contributed by atoms with van der Waals surface area (Å²) in [5.74, 6) is -0.471. The van der Waals surface area contributed by atoms with Gasteiger partial charge in [-0.3, -0.25) is 4.79 Å². The van der Waals surface area contributed by atoms with Gasteiger partial charge in [-0.1, -0.05) is 72.8 Å². The second-order valence-electron chi connectivity index (χ2n) is 8.07. The maximum Gasteiger partial charge on any atom is 0.337 e. The molecule has 0 aromatic heterocycles. The van der Waals surface area contributed by atoms with E-state index in [0.29, 0.717) is 18.8 Å². The van der Waals surface area contributed by atoms with Crippen molar-refractivity contribution in [3.8, 4) is 5.75 Å². The van der Waals surface area contributed by atoms with Crippen molar-refractivity contribution in [3.05, 3.63) is 101 Å². The molecular formula is C27H27NO4. The Hall–Kier alpha value is -3.44. The molecule has 3 aromatic rings. The van der Waals surface area contributed by atoms with E-state index in [4.69, 9.17) is 9.84 Å². The first kappa shape index (κ1) is 21.8. The van der Waals surface area contributed by atoms with Gasteiger partial charge in [0.1, 0.15) is 12.4 Å². The third kappa shape index (κ3) is 5.06. The molecule has 0 fully saturated rings. The molecule has 4 rings (SSSR count). The number of nitrogens with zero attached hydrogens (tertiary/aromatic N) is 1. The Labute approximate surface area is 188 Å². The highest BCUT2D eigenvalue weighted by Gasteiger charge is 2.32. The molecule has 1 amide bonds. The maximum absolute atomic E-state index is 13.8. The quantitative estimate of drug-likeness (QED) is 0.451. The summed E-state index contributed by atoms with van der Waals surface area (Å²) in [7, 11) is 0. The minimum absolute atomic E-state index is 0.0734. The summed E-state index contributed by atoms with van der Waals surface area (Å²) in [5, 5.41) is 9.06. The van der Waals surface area contributed by atoms with E-state index in [1.165, 1.54) is 0 Å². The molecule has 3 aromatic carbocycles. The predicted octanol–water partition coefficient (Wildman–Crippen LogP) is 4.23. The van der Waals surface area contributed by atoms with E-state index >= 15 is 0 Å². The highest BCUT2D eigenvalue weighted by Crippen LogP contribution is 2.38. The van der Waals surface area contributed by atoms with Crippen LogP contribution in [-0.2, 0) is 29.1 Å². The lowest BCUT2D eigenvalue weighted by molar-refractivity contribution is -0.137. The van der Waals surface area contributed by atoms with Crippen LogP contribution < -0.4 is 4.74 Å². The molecule has 1 atom stereocenters. The van der Waals surface area contributed by atoms with Crippen LogP contribution in [0, 0.1) is 0 Å². The van der Waals surface area contributed by atoms with Crippen LogP contribution in [0.25, 0.3) is 0 Å². The monoisotopic (exact) mass is 429 g/mol. The Balaban J connectivity index is 1.64. The van der Waals surface area contributed by atoms with Crippen LogP contribution in [0.1, 0.15) is 41.0 Å². The van der Waals surface area contributed by atoms with Gasteiger partial charge in [-0.15, -0.1) is 0 Å². The maximum atomic E-state index is 13.8. The second-order valence-corrected chi connectivity index (χ2v) is 8.07. The van der Waals surface area contributed by atoms with Crippen LogP contribution in [-0.4, -0.2) is 28.5 Å². The molecule has 0 aliphatic heterocycles. The Morgan fingerprint density at radius 1 is 0.875 bits per heavy atom.